The van der Waals surface area contributed by atoms with Crippen LogP contribution in [0.3, 0.4) is 0 Å². The molecule has 3 rings (SSSR count). The van der Waals surface area contributed by atoms with Crippen molar-refractivity contribution in [3.8, 4) is 0 Å². The molecule has 1 fully saturated rings. The van der Waals surface area contributed by atoms with E-state index in [4.69, 9.17) is 4.52 Å². The first-order valence-electron chi connectivity index (χ1n) is 6.37. The molecule has 1 amide bonds. The molecule has 1 aliphatic rings. The molecule has 6 nitrogen and oxygen atoms in total. The summed E-state index contributed by atoms with van der Waals surface area (Å²) in [6.45, 7) is 0.941. The number of benzene rings is 1. The molecular formula is C13H13IN4O2. The Balaban J connectivity index is 1.73. The number of carbonyl (C=O) groups is 1. The number of amides is 1. The number of rotatable bonds is 3. The van der Waals surface area contributed by atoms with Gasteiger partial charge in [-0.15, -0.1) is 0 Å². The number of anilines is 1. The molecule has 1 aliphatic heterocycles. The van der Waals surface area contributed by atoms with Gasteiger partial charge in [0.15, 0.2) is 0 Å². The quantitative estimate of drug-likeness (QED) is 0.795. The van der Waals surface area contributed by atoms with Gasteiger partial charge in [-0.25, -0.2) is 0 Å². The lowest BCUT2D eigenvalue weighted by molar-refractivity contribution is 0.101. The van der Waals surface area contributed by atoms with Gasteiger partial charge in [-0.05, 0) is 54.1 Å². The predicted octanol–water partition coefficient (Wildman–Crippen LogP) is 2.35. The van der Waals surface area contributed by atoms with Crippen LogP contribution >= 0.6 is 22.6 Å². The van der Waals surface area contributed by atoms with Gasteiger partial charge in [0.25, 0.3) is 11.7 Å². The fraction of sp³-hybridized carbons (Fsp3) is 0.308. The maximum atomic E-state index is 12.1. The van der Waals surface area contributed by atoms with E-state index in [1.165, 1.54) is 0 Å². The van der Waals surface area contributed by atoms with Crippen LogP contribution in [-0.4, -0.2) is 22.6 Å². The minimum absolute atomic E-state index is 0.0633. The smallest absolute Gasteiger partial charge is 0.297 e. The van der Waals surface area contributed by atoms with E-state index in [9.17, 15) is 4.79 Å². The standard InChI is InChI=1S/C13H13IN4O2/c14-8-4-1-2-5-9(8)16-12(19)11-17-13(20-18-11)10-6-3-7-15-10/h1-2,4-5,10,15H,3,6-7H2,(H,16,19). The molecule has 2 N–H and O–H groups in total. The lowest BCUT2D eigenvalue weighted by atomic mass is 10.2. The molecule has 0 aliphatic carbocycles. The third kappa shape index (κ3) is 2.83. The molecule has 2 heterocycles. The Hall–Kier alpha value is -1.48. The number of hydrogen-bond donors (Lipinski definition) is 2. The molecule has 0 saturated carbocycles. The summed E-state index contributed by atoms with van der Waals surface area (Å²) in [5.74, 6) is 0.186. The van der Waals surface area contributed by atoms with Crippen LogP contribution in [0.5, 0.6) is 0 Å². The van der Waals surface area contributed by atoms with Crippen LogP contribution in [0.2, 0.25) is 0 Å². The van der Waals surface area contributed by atoms with Gasteiger partial charge < -0.3 is 15.2 Å². The van der Waals surface area contributed by atoms with E-state index >= 15 is 0 Å². The monoisotopic (exact) mass is 384 g/mol. The highest BCUT2D eigenvalue weighted by Crippen LogP contribution is 2.22. The lowest BCUT2D eigenvalue weighted by Gasteiger charge is -2.04. The van der Waals surface area contributed by atoms with Gasteiger partial charge in [0, 0.05) is 3.57 Å². The van der Waals surface area contributed by atoms with Crippen LogP contribution in [0, 0.1) is 3.57 Å². The number of halogens is 1. The molecule has 0 radical (unpaired) electrons. The van der Waals surface area contributed by atoms with E-state index in [0.29, 0.717) is 5.89 Å². The zero-order valence-corrected chi connectivity index (χ0v) is 12.8. The number of para-hydroxylation sites is 1. The van der Waals surface area contributed by atoms with Crippen LogP contribution in [-0.2, 0) is 0 Å². The zero-order valence-electron chi connectivity index (χ0n) is 10.6. The van der Waals surface area contributed by atoms with Gasteiger partial charge in [0.2, 0.25) is 5.89 Å². The Labute approximate surface area is 129 Å². The number of carbonyl (C=O) groups excluding carboxylic acids is 1. The Kier molecular flexibility index (Phi) is 3.97. The highest BCUT2D eigenvalue weighted by molar-refractivity contribution is 14.1. The first-order valence-corrected chi connectivity index (χ1v) is 7.45. The number of hydrogen-bond acceptors (Lipinski definition) is 5. The minimum Gasteiger partial charge on any atom is -0.337 e. The maximum Gasteiger partial charge on any atom is 0.297 e. The molecule has 1 aromatic heterocycles. The van der Waals surface area contributed by atoms with Crippen molar-refractivity contribution in [2.24, 2.45) is 0 Å². The van der Waals surface area contributed by atoms with Crippen LogP contribution in [0.4, 0.5) is 5.69 Å². The van der Waals surface area contributed by atoms with Crippen molar-refractivity contribution in [2.75, 3.05) is 11.9 Å². The summed E-state index contributed by atoms with van der Waals surface area (Å²) in [5, 5.41) is 9.78. The average molecular weight is 384 g/mol. The number of nitrogens with one attached hydrogen (secondary N) is 2. The summed E-state index contributed by atoms with van der Waals surface area (Å²) >= 11 is 2.16. The molecule has 2 aromatic rings. The fourth-order valence-electron chi connectivity index (χ4n) is 2.11. The second-order valence-electron chi connectivity index (χ2n) is 4.54. The highest BCUT2D eigenvalue weighted by atomic mass is 127. The van der Waals surface area contributed by atoms with Crippen molar-refractivity contribution < 1.29 is 9.32 Å². The van der Waals surface area contributed by atoms with Crippen molar-refractivity contribution in [3.05, 3.63) is 39.6 Å². The normalized spacial score (nSPS) is 18.1. The lowest BCUT2D eigenvalue weighted by Crippen LogP contribution is -2.16. The second-order valence-corrected chi connectivity index (χ2v) is 5.70. The third-order valence-corrected chi connectivity index (χ3v) is 4.07. The zero-order chi connectivity index (χ0) is 13.9. The summed E-state index contributed by atoms with van der Waals surface area (Å²) in [5.41, 5.74) is 0.739. The van der Waals surface area contributed by atoms with Gasteiger partial charge in [-0.2, -0.15) is 4.98 Å². The van der Waals surface area contributed by atoms with Gasteiger partial charge in [-0.3, -0.25) is 4.79 Å². The van der Waals surface area contributed by atoms with E-state index in [1.807, 2.05) is 24.3 Å². The average Bonchev–Trinajstić information content (AvgIpc) is 3.11. The van der Waals surface area contributed by atoms with Gasteiger partial charge in [0.1, 0.15) is 0 Å². The molecule has 1 saturated heterocycles. The molecule has 1 unspecified atom stereocenters. The van der Waals surface area contributed by atoms with Crippen molar-refractivity contribution in [1.82, 2.24) is 15.5 Å². The van der Waals surface area contributed by atoms with E-state index in [-0.39, 0.29) is 17.8 Å². The third-order valence-electron chi connectivity index (χ3n) is 3.13. The van der Waals surface area contributed by atoms with Crippen molar-refractivity contribution in [3.63, 3.8) is 0 Å². The molecule has 104 valence electrons. The van der Waals surface area contributed by atoms with E-state index in [1.54, 1.807) is 0 Å². The van der Waals surface area contributed by atoms with Crippen LogP contribution < -0.4 is 10.6 Å². The van der Waals surface area contributed by atoms with Gasteiger partial charge in [-0.1, -0.05) is 17.3 Å². The summed E-state index contributed by atoms with van der Waals surface area (Å²) in [6.07, 6.45) is 2.04. The van der Waals surface area contributed by atoms with E-state index in [2.05, 4.69) is 43.4 Å². The topological polar surface area (TPSA) is 80.0 Å². The molecule has 20 heavy (non-hydrogen) atoms. The highest BCUT2D eigenvalue weighted by Gasteiger charge is 2.24. The van der Waals surface area contributed by atoms with Gasteiger partial charge in [0.05, 0.1) is 11.7 Å². The Bertz CT molecular complexity index is 622. The van der Waals surface area contributed by atoms with Crippen LogP contribution in [0.15, 0.2) is 28.8 Å². The number of nitrogens with zero attached hydrogens (tertiary/aromatic N) is 2. The Morgan fingerprint density at radius 1 is 1.45 bits per heavy atom. The first-order chi connectivity index (χ1) is 9.74. The summed E-state index contributed by atoms with van der Waals surface area (Å²) in [6, 6.07) is 7.60. The largest absolute Gasteiger partial charge is 0.337 e. The Morgan fingerprint density at radius 3 is 3.05 bits per heavy atom. The van der Waals surface area contributed by atoms with Gasteiger partial charge >= 0.3 is 0 Å². The molecule has 1 aromatic carbocycles. The minimum atomic E-state index is -0.359. The molecule has 0 bridgehead atoms. The molecule has 1 atom stereocenters. The Morgan fingerprint density at radius 2 is 2.30 bits per heavy atom. The maximum absolute atomic E-state index is 12.1. The van der Waals surface area contributed by atoms with E-state index in [0.717, 1.165) is 28.6 Å². The summed E-state index contributed by atoms with van der Waals surface area (Å²) < 4.78 is 6.11. The van der Waals surface area contributed by atoms with E-state index < -0.39 is 0 Å². The first kappa shape index (κ1) is 13.5. The summed E-state index contributed by atoms with van der Waals surface area (Å²) in [4.78, 5) is 16.2. The molecular weight excluding hydrogens is 371 g/mol. The second kappa shape index (κ2) is 5.88. The van der Waals surface area contributed by atoms with Crippen molar-refractivity contribution in [2.45, 2.75) is 18.9 Å². The SMILES string of the molecule is O=C(Nc1ccccc1I)c1noc(C2CCCN2)n1. The summed E-state index contributed by atoms with van der Waals surface area (Å²) in [7, 11) is 0. The van der Waals surface area contributed by atoms with Crippen molar-refractivity contribution >= 4 is 34.2 Å². The predicted molar refractivity (Wildman–Crippen MR) is 81.4 cm³/mol. The number of aromatic nitrogens is 2. The fourth-order valence-corrected chi connectivity index (χ4v) is 2.63. The van der Waals surface area contributed by atoms with Crippen LogP contribution in [0.1, 0.15) is 35.4 Å². The van der Waals surface area contributed by atoms with Crippen molar-refractivity contribution in [1.29, 1.82) is 0 Å². The molecule has 0 spiro atoms. The van der Waals surface area contributed by atoms with Crippen LogP contribution in [0.25, 0.3) is 0 Å². The molecule has 7 heteroatoms.